The second kappa shape index (κ2) is 7.41. The summed E-state index contributed by atoms with van der Waals surface area (Å²) in [5, 5.41) is 4.49. The Labute approximate surface area is 183 Å². The second-order valence-electron chi connectivity index (χ2n) is 7.65. The number of hydrogen-bond donors (Lipinski definition) is 1. The molecule has 0 bridgehead atoms. The predicted octanol–water partition coefficient (Wildman–Crippen LogP) is 4.71. The summed E-state index contributed by atoms with van der Waals surface area (Å²) in [6.07, 6.45) is 3.22. The molecule has 0 atom stereocenters. The number of nitrogens with one attached hydrogen (secondary N) is 1. The van der Waals surface area contributed by atoms with Gasteiger partial charge in [-0.05, 0) is 59.0 Å². The standard InChI is InChI=1S/C22H19ClN2O3S2/c23-16-5-8-21-19(10-16)15(13-29-21)12-25-11-14(18-3-1-2-4-20(18)25)9-22(26)24-30(27,28)17-6-7-17/h1-5,8,10-11,13,17H,6-7,9,12H2,(H,24,26). The quantitative estimate of drug-likeness (QED) is 0.455. The van der Waals surface area contributed by atoms with Crippen LogP contribution in [0.25, 0.3) is 21.0 Å². The van der Waals surface area contributed by atoms with Gasteiger partial charge in [-0.3, -0.25) is 9.52 Å². The molecule has 5 nitrogen and oxygen atoms in total. The van der Waals surface area contributed by atoms with Crippen molar-refractivity contribution in [2.75, 3.05) is 0 Å². The number of carbonyl (C=O) groups excluding carboxylic acids is 1. The van der Waals surface area contributed by atoms with E-state index < -0.39 is 21.2 Å². The summed E-state index contributed by atoms with van der Waals surface area (Å²) >= 11 is 7.87. The van der Waals surface area contributed by atoms with Gasteiger partial charge in [-0.2, -0.15) is 0 Å². The highest BCUT2D eigenvalue weighted by Gasteiger charge is 2.36. The summed E-state index contributed by atoms with van der Waals surface area (Å²) in [5.74, 6) is -0.488. The van der Waals surface area contributed by atoms with Crippen molar-refractivity contribution < 1.29 is 13.2 Å². The highest BCUT2D eigenvalue weighted by molar-refractivity contribution is 7.90. The number of hydrogen-bond acceptors (Lipinski definition) is 4. The molecule has 0 aliphatic heterocycles. The van der Waals surface area contributed by atoms with E-state index in [1.54, 1.807) is 11.3 Å². The summed E-state index contributed by atoms with van der Waals surface area (Å²) < 4.78 is 29.7. The van der Waals surface area contributed by atoms with Gasteiger partial charge in [-0.1, -0.05) is 29.8 Å². The Hall–Kier alpha value is -2.35. The van der Waals surface area contributed by atoms with Crippen LogP contribution in [0.15, 0.2) is 54.0 Å². The van der Waals surface area contributed by atoms with Gasteiger partial charge in [0.05, 0.1) is 11.7 Å². The van der Waals surface area contributed by atoms with Crippen molar-refractivity contribution in [1.29, 1.82) is 0 Å². The lowest BCUT2D eigenvalue weighted by molar-refractivity contribution is -0.118. The number of carbonyl (C=O) groups is 1. The van der Waals surface area contributed by atoms with Crippen LogP contribution < -0.4 is 4.72 Å². The molecule has 1 fully saturated rings. The molecule has 0 radical (unpaired) electrons. The third-order valence-electron chi connectivity index (χ3n) is 5.40. The topological polar surface area (TPSA) is 68.2 Å². The van der Waals surface area contributed by atoms with Crippen LogP contribution in [0, 0.1) is 0 Å². The molecular formula is C22H19ClN2O3S2. The van der Waals surface area contributed by atoms with E-state index in [0.717, 1.165) is 27.4 Å². The van der Waals surface area contributed by atoms with E-state index >= 15 is 0 Å². The molecule has 1 aliphatic rings. The van der Waals surface area contributed by atoms with Gasteiger partial charge in [-0.25, -0.2) is 8.42 Å². The number of thiophene rings is 1. The summed E-state index contributed by atoms with van der Waals surface area (Å²) in [4.78, 5) is 12.4. The Morgan fingerprint density at radius 3 is 2.73 bits per heavy atom. The minimum absolute atomic E-state index is 0.0235. The molecule has 5 rings (SSSR count). The first-order valence-corrected chi connectivity index (χ1v) is 12.5. The minimum atomic E-state index is -3.54. The third-order valence-corrected chi connectivity index (χ3v) is 8.51. The third kappa shape index (κ3) is 3.73. The molecule has 2 aromatic heterocycles. The van der Waals surface area contributed by atoms with E-state index in [1.807, 2.05) is 48.7 Å². The van der Waals surface area contributed by atoms with Crippen molar-refractivity contribution in [2.24, 2.45) is 0 Å². The van der Waals surface area contributed by atoms with Crippen molar-refractivity contribution in [1.82, 2.24) is 9.29 Å². The summed E-state index contributed by atoms with van der Waals surface area (Å²) in [7, 11) is -3.54. The first-order chi connectivity index (χ1) is 14.4. The molecule has 2 aromatic carbocycles. The average Bonchev–Trinajstić information content (AvgIpc) is 3.44. The molecule has 1 amide bonds. The van der Waals surface area contributed by atoms with Gasteiger partial charge in [0, 0.05) is 33.4 Å². The van der Waals surface area contributed by atoms with E-state index in [-0.39, 0.29) is 6.42 Å². The number of amides is 1. The fourth-order valence-corrected chi connectivity index (χ4v) is 6.20. The van der Waals surface area contributed by atoms with Crippen molar-refractivity contribution >= 4 is 59.9 Å². The Morgan fingerprint density at radius 2 is 1.93 bits per heavy atom. The zero-order chi connectivity index (χ0) is 20.9. The number of para-hydroxylation sites is 1. The number of halogens is 1. The van der Waals surface area contributed by atoms with Gasteiger partial charge in [-0.15, -0.1) is 11.3 Å². The summed E-state index contributed by atoms with van der Waals surface area (Å²) in [6, 6.07) is 13.8. The maximum atomic E-state index is 12.4. The van der Waals surface area contributed by atoms with Gasteiger partial charge in [0.2, 0.25) is 15.9 Å². The van der Waals surface area contributed by atoms with Crippen molar-refractivity contribution in [3.05, 3.63) is 70.2 Å². The van der Waals surface area contributed by atoms with Gasteiger partial charge in [0.1, 0.15) is 0 Å². The number of benzene rings is 2. The number of fused-ring (bicyclic) bond motifs is 2. The number of nitrogens with zero attached hydrogens (tertiary/aromatic N) is 1. The molecule has 1 aliphatic carbocycles. The Morgan fingerprint density at radius 1 is 1.13 bits per heavy atom. The predicted molar refractivity (Wildman–Crippen MR) is 122 cm³/mol. The normalized spacial score (nSPS) is 14.4. The van der Waals surface area contributed by atoms with E-state index in [9.17, 15) is 13.2 Å². The SMILES string of the molecule is O=C(Cc1cn(Cc2csc3ccc(Cl)cc23)c2ccccc12)NS(=O)(=O)C1CC1. The van der Waals surface area contributed by atoms with E-state index in [4.69, 9.17) is 11.6 Å². The summed E-state index contributed by atoms with van der Waals surface area (Å²) in [5.41, 5.74) is 2.98. The van der Waals surface area contributed by atoms with Crippen LogP contribution in [0.2, 0.25) is 5.02 Å². The van der Waals surface area contributed by atoms with E-state index in [2.05, 4.69) is 14.7 Å². The van der Waals surface area contributed by atoms with Crippen LogP contribution >= 0.6 is 22.9 Å². The molecule has 0 saturated heterocycles. The maximum absolute atomic E-state index is 12.4. The zero-order valence-corrected chi connectivity index (χ0v) is 18.4. The van der Waals surface area contributed by atoms with Gasteiger partial charge in [0.15, 0.2) is 0 Å². The Balaban J connectivity index is 1.46. The summed E-state index contributed by atoms with van der Waals surface area (Å²) in [6.45, 7) is 0.642. The van der Waals surface area contributed by atoms with Crippen LogP contribution in [-0.2, 0) is 27.8 Å². The van der Waals surface area contributed by atoms with Crippen LogP contribution in [0.5, 0.6) is 0 Å². The molecule has 4 aromatic rings. The lowest BCUT2D eigenvalue weighted by Crippen LogP contribution is -2.34. The van der Waals surface area contributed by atoms with Gasteiger partial charge < -0.3 is 4.57 Å². The number of aromatic nitrogens is 1. The molecule has 30 heavy (non-hydrogen) atoms. The fraction of sp³-hybridized carbons (Fsp3) is 0.227. The van der Waals surface area contributed by atoms with E-state index in [1.165, 1.54) is 4.70 Å². The highest BCUT2D eigenvalue weighted by atomic mass is 35.5. The molecule has 0 unspecified atom stereocenters. The molecule has 2 heterocycles. The molecule has 1 N–H and O–H groups in total. The van der Waals surface area contributed by atoms with Crippen LogP contribution in [0.3, 0.4) is 0 Å². The fourth-order valence-electron chi connectivity index (χ4n) is 3.78. The smallest absolute Gasteiger partial charge is 0.237 e. The Kier molecular flexibility index (Phi) is 4.84. The van der Waals surface area contributed by atoms with Crippen molar-refractivity contribution in [2.45, 2.75) is 31.1 Å². The molecular weight excluding hydrogens is 440 g/mol. The maximum Gasteiger partial charge on any atom is 0.237 e. The van der Waals surface area contributed by atoms with Crippen LogP contribution in [0.4, 0.5) is 0 Å². The first kappa shape index (κ1) is 19.6. The molecule has 1 saturated carbocycles. The molecule has 154 valence electrons. The monoisotopic (exact) mass is 458 g/mol. The first-order valence-electron chi connectivity index (χ1n) is 9.67. The van der Waals surface area contributed by atoms with E-state index in [0.29, 0.717) is 24.4 Å². The minimum Gasteiger partial charge on any atom is -0.343 e. The highest BCUT2D eigenvalue weighted by Crippen LogP contribution is 2.31. The van der Waals surface area contributed by atoms with Gasteiger partial charge >= 0.3 is 0 Å². The molecule has 8 heteroatoms. The molecule has 0 spiro atoms. The van der Waals surface area contributed by atoms with Crippen LogP contribution in [0.1, 0.15) is 24.0 Å². The number of sulfonamides is 1. The average molecular weight is 459 g/mol. The largest absolute Gasteiger partial charge is 0.343 e. The lowest BCUT2D eigenvalue weighted by Gasteiger charge is -2.05. The van der Waals surface area contributed by atoms with Gasteiger partial charge in [0.25, 0.3) is 0 Å². The lowest BCUT2D eigenvalue weighted by atomic mass is 10.1. The second-order valence-corrected chi connectivity index (χ2v) is 11.0. The zero-order valence-electron chi connectivity index (χ0n) is 16.0. The van der Waals surface area contributed by atoms with Crippen molar-refractivity contribution in [3.63, 3.8) is 0 Å². The van der Waals surface area contributed by atoms with Crippen LogP contribution in [-0.4, -0.2) is 24.1 Å². The Bertz CT molecular complexity index is 1380. The number of rotatable bonds is 6. The van der Waals surface area contributed by atoms with Crippen molar-refractivity contribution in [3.8, 4) is 0 Å².